The van der Waals surface area contributed by atoms with E-state index < -0.39 is 11.7 Å². The van der Waals surface area contributed by atoms with Gasteiger partial charge in [-0.25, -0.2) is 4.98 Å². The van der Waals surface area contributed by atoms with Crippen LogP contribution in [0.5, 0.6) is 0 Å². The predicted molar refractivity (Wildman–Crippen MR) is 66.8 cm³/mol. The topological polar surface area (TPSA) is 43.8 Å². The molecule has 1 fully saturated rings. The van der Waals surface area contributed by atoms with Crippen LogP contribution < -0.4 is 5.73 Å². The zero-order chi connectivity index (χ0) is 13.8. The number of hydrogen-bond donors (Lipinski definition) is 1. The molecule has 1 aliphatic carbocycles. The standard InChI is InChI=1S/C13H14F3N3/c1-2-11-18-9-7-8(17)3-4-10(9)19(11)12(5-6-12)13(14,15)16/h3-4,7H,2,5-6,17H2,1H3. The third-order valence-electron chi connectivity index (χ3n) is 3.74. The number of halogens is 3. The van der Waals surface area contributed by atoms with Crippen LogP contribution in [-0.4, -0.2) is 15.7 Å². The molecule has 2 N–H and O–H groups in total. The summed E-state index contributed by atoms with van der Waals surface area (Å²) in [5, 5.41) is 0. The van der Waals surface area contributed by atoms with Gasteiger partial charge in [-0.1, -0.05) is 6.92 Å². The molecule has 0 spiro atoms. The van der Waals surface area contributed by atoms with Gasteiger partial charge in [0.25, 0.3) is 0 Å². The third-order valence-corrected chi connectivity index (χ3v) is 3.74. The summed E-state index contributed by atoms with van der Waals surface area (Å²) in [5.74, 6) is 0.468. The molecule has 19 heavy (non-hydrogen) atoms. The van der Waals surface area contributed by atoms with Crippen molar-refractivity contribution < 1.29 is 13.2 Å². The highest BCUT2D eigenvalue weighted by molar-refractivity contribution is 5.80. The number of fused-ring (bicyclic) bond motifs is 1. The molecule has 1 heterocycles. The molecule has 3 nitrogen and oxygen atoms in total. The highest BCUT2D eigenvalue weighted by Crippen LogP contribution is 2.56. The lowest BCUT2D eigenvalue weighted by Crippen LogP contribution is -2.35. The van der Waals surface area contributed by atoms with Crippen molar-refractivity contribution >= 4 is 16.7 Å². The lowest BCUT2D eigenvalue weighted by Gasteiger charge is -2.23. The fraction of sp³-hybridized carbons (Fsp3) is 0.462. The Kier molecular flexibility index (Phi) is 2.37. The minimum Gasteiger partial charge on any atom is -0.399 e. The van der Waals surface area contributed by atoms with Gasteiger partial charge < -0.3 is 10.3 Å². The Labute approximate surface area is 108 Å². The van der Waals surface area contributed by atoms with Crippen molar-refractivity contribution in [2.24, 2.45) is 0 Å². The maximum Gasteiger partial charge on any atom is 0.412 e. The second kappa shape index (κ2) is 3.65. The van der Waals surface area contributed by atoms with Crippen molar-refractivity contribution in [3.63, 3.8) is 0 Å². The van der Waals surface area contributed by atoms with E-state index in [2.05, 4.69) is 4.98 Å². The molecule has 102 valence electrons. The number of nitrogen functional groups attached to an aromatic ring is 1. The first kappa shape index (κ1) is 12.3. The zero-order valence-electron chi connectivity index (χ0n) is 10.5. The van der Waals surface area contributed by atoms with Crippen molar-refractivity contribution in [1.82, 2.24) is 9.55 Å². The molecular formula is C13H14F3N3. The van der Waals surface area contributed by atoms with Gasteiger partial charge in [0.2, 0.25) is 0 Å². The number of hydrogen-bond acceptors (Lipinski definition) is 2. The minimum absolute atomic E-state index is 0.124. The van der Waals surface area contributed by atoms with E-state index in [0.29, 0.717) is 29.0 Å². The van der Waals surface area contributed by atoms with Crippen molar-refractivity contribution in [2.75, 3.05) is 5.73 Å². The van der Waals surface area contributed by atoms with Crippen molar-refractivity contribution in [3.05, 3.63) is 24.0 Å². The third kappa shape index (κ3) is 1.62. The summed E-state index contributed by atoms with van der Waals surface area (Å²) >= 11 is 0. The molecule has 0 aliphatic heterocycles. The molecule has 0 radical (unpaired) electrons. The van der Waals surface area contributed by atoms with Crippen LogP contribution >= 0.6 is 0 Å². The first-order valence-corrected chi connectivity index (χ1v) is 6.23. The Bertz CT molecular complexity index is 638. The number of rotatable bonds is 2. The first-order chi connectivity index (χ1) is 8.89. The highest BCUT2D eigenvalue weighted by Gasteiger charge is 2.65. The van der Waals surface area contributed by atoms with Gasteiger partial charge in [-0.3, -0.25) is 0 Å². The summed E-state index contributed by atoms with van der Waals surface area (Å²) in [5.41, 5.74) is 5.46. The van der Waals surface area contributed by atoms with Gasteiger partial charge in [0.05, 0.1) is 11.0 Å². The molecule has 1 aromatic heterocycles. The summed E-state index contributed by atoms with van der Waals surface area (Å²) < 4.78 is 41.3. The molecule has 1 saturated carbocycles. The fourth-order valence-corrected chi connectivity index (χ4v) is 2.61. The van der Waals surface area contributed by atoms with Crippen molar-refractivity contribution in [1.29, 1.82) is 0 Å². The Morgan fingerprint density at radius 1 is 1.37 bits per heavy atom. The Balaban J connectivity index is 2.28. The number of anilines is 1. The Hall–Kier alpha value is -1.72. The smallest absolute Gasteiger partial charge is 0.399 e. The van der Waals surface area contributed by atoms with E-state index >= 15 is 0 Å². The molecule has 6 heteroatoms. The average Bonchev–Trinajstić information content (AvgIpc) is 3.05. The number of nitrogens with two attached hydrogens (primary N) is 1. The highest BCUT2D eigenvalue weighted by atomic mass is 19.4. The van der Waals surface area contributed by atoms with Crippen LogP contribution in [0.25, 0.3) is 11.0 Å². The van der Waals surface area contributed by atoms with Crippen LogP contribution in [0.2, 0.25) is 0 Å². The molecule has 0 unspecified atom stereocenters. The molecule has 0 bridgehead atoms. The van der Waals surface area contributed by atoms with Crippen molar-refractivity contribution in [3.8, 4) is 0 Å². The Morgan fingerprint density at radius 2 is 2.05 bits per heavy atom. The van der Waals surface area contributed by atoms with E-state index in [1.807, 2.05) is 6.92 Å². The molecule has 0 atom stereocenters. The Morgan fingerprint density at radius 3 is 2.58 bits per heavy atom. The maximum atomic E-state index is 13.3. The monoisotopic (exact) mass is 269 g/mol. The molecule has 1 aliphatic rings. The van der Waals surface area contributed by atoms with Gasteiger partial charge in [-0.2, -0.15) is 13.2 Å². The number of imidazole rings is 1. The van der Waals surface area contributed by atoms with E-state index in [-0.39, 0.29) is 12.8 Å². The number of aromatic nitrogens is 2. The molecule has 3 rings (SSSR count). The zero-order valence-corrected chi connectivity index (χ0v) is 10.5. The second-order valence-electron chi connectivity index (χ2n) is 4.99. The van der Waals surface area contributed by atoms with Crippen molar-refractivity contribution in [2.45, 2.75) is 37.9 Å². The second-order valence-corrected chi connectivity index (χ2v) is 4.99. The van der Waals surface area contributed by atoms with Gasteiger partial charge in [-0.15, -0.1) is 0 Å². The van der Waals surface area contributed by atoms with Crippen LogP contribution in [0, 0.1) is 0 Å². The van der Waals surface area contributed by atoms with Gasteiger partial charge >= 0.3 is 6.18 Å². The summed E-state index contributed by atoms with van der Waals surface area (Å²) in [4.78, 5) is 4.29. The predicted octanol–water partition coefficient (Wildman–Crippen LogP) is 3.23. The van der Waals surface area contributed by atoms with E-state index in [4.69, 9.17) is 5.73 Å². The number of alkyl halides is 3. The molecule has 1 aromatic carbocycles. The number of nitrogens with zero attached hydrogens (tertiary/aromatic N) is 2. The summed E-state index contributed by atoms with van der Waals surface area (Å²) in [7, 11) is 0. The SMILES string of the molecule is CCc1nc2cc(N)ccc2n1C1(C(F)(F)F)CC1. The van der Waals surface area contributed by atoms with Crippen LogP contribution in [0.1, 0.15) is 25.6 Å². The summed E-state index contributed by atoms with van der Waals surface area (Å²) in [6.07, 6.45) is -3.53. The lowest BCUT2D eigenvalue weighted by molar-refractivity contribution is -0.179. The van der Waals surface area contributed by atoms with Gasteiger partial charge in [0.15, 0.2) is 0 Å². The maximum absolute atomic E-state index is 13.3. The molecule has 0 saturated heterocycles. The van der Waals surface area contributed by atoms with Crippen LogP contribution in [-0.2, 0) is 12.0 Å². The van der Waals surface area contributed by atoms with Crippen LogP contribution in [0.3, 0.4) is 0 Å². The normalized spacial score (nSPS) is 17.9. The fourth-order valence-electron chi connectivity index (χ4n) is 2.61. The van der Waals surface area contributed by atoms with Gasteiger partial charge in [0.1, 0.15) is 11.4 Å². The molecular weight excluding hydrogens is 255 g/mol. The van der Waals surface area contributed by atoms with E-state index in [1.165, 1.54) is 4.57 Å². The van der Waals surface area contributed by atoms with Crippen LogP contribution in [0.15, 0.2) is 18.2 Å². The largest absolute Gasteiger partial charge is 0.412 e. The van der Waals surface area contributed by atoms with Gasteiger partial charge in [-0.05, 0) is 31.0 Å². The minimum atomic E-state index is -4.24. The lowest BCUT2D eigenvalue weighted by atomic mass is 10.2. The quantitative estimate of drug-likeness (QED) is 0.851. The van der Waals surface area contributed by atoms with Crippen LogP contribution in [0.4, 0.5) is 18.9 Å². The first-order valence-electron chi connectivity index (χ1n) is 6.23. The van der Waals surface area contributed by atoms with E-state index in [0.717, 1.165) is 0 Å². The van der Waals surface area contributed by atoms with E-state index in [1.54, 1.807) is 18.2 Å². The number of aryl methyl sites for hydroxylation is 1. The summed E-state index contributed by atoms with van der Waals surface area (Å²) in [6.45, 7) is 1.81. The average molecular weight is 269 g/mol. The van der Waals surface area contributed by atoms with E-state index in [9.17, 15) is 13.2 Å². The number of benzene rings is 1. The molecule has 2 aromatic rings. The molecule has 0 amide bonds. The summed E-state index contributed by atoms with van der Waals surface area (Å²) in [6, 6.07) is 4.87. The van der Waals surface area contributed by atoms with Gasteiger partial charge in [0, 0.05) is 12.1 Å².